The van der Waals surface area contributed by atoms with Crippen LogP contribution in [0.3, 0.4) is 0 Å². The summed E-state index contributed by atoms with van der Waals surface area (Å²) in [7, 11) is 0. The van der Waals surface area contributed by atoms with Crippen molar-refractivity contribution in [1.82, 2.24) is 0 Å². The molecule has 462 valence electrons. The van der Waals surface area contributed by atoms with E-state index in [9.17, 15) is 14.4 Å². The van der Waals surface area contributed by atoms with E-state index in [1.807, 2.05) is 0 Å². The summed E-state index contributed by atoms with van der Waals surface area (Å²) in [6, 6.07) is 0. The molecule has 0 amide bonds. The second-order valence-electron chi connectivity index (χ2n) is 23.8. The summed E-state index contributed by atoms with van der Waals surface area (Å²) in [5.74, 6) is -0.872. The number of rotatable bonds is 65. The third kappa shape index (κ3) is 66.1. The van der Waals surface area contributed by atoms with Crippen molar-refractivity contribution < 1.29 is 28.6 Å². The van der Waals surface area contributed by atoms with Gasteiger partial charge in [-0.05, 0) is 103 Å². The van der Waals surface area contributed by atoms with Crippen LogP contribution < -0.4 is 0 Å². The highest BCUT2D eigenvalue weighted by atomic mass is 16.6. The predicted octanol–water partition coefficient (Wildman–Crippen LogP) is 24.1. The summed E-state index contributed by atoms with van der Waals surface area (Å²) in [6.07, 6.45) is 85.9. The molecule has 0 spiro atoms. The molecule has 0 rings (SSSR count). The number of carbonyl (C=O) groups is 3. The van der Waals surface area contributed by atoms with Gasteiger partial charge in [-0.1, -0.05) is 307 Å². The number of unbranched alkanes of at least 4 members (excludes halogenated alkanes) is 46. The predicted molar refractivity (Wildman–Crippen MR) is 344 cm³/mol. The number of allylic oxidation sites excluding steroid dienone is 8. The van der Waals surface area contributed by atoms with Crippen LogP contribution >= 0.6 is 0 Å². The van der Waals surface area contributed by atoms with Crippen molar-refractivity contribution in [1.29, 1.82) is 0 Å². The van der Waals surface area contributed by atoms with Crippen molar-refractivity contribution in [3.63, 3.8) is 0 Å². The highest BCUT2D eigenvalue weighted by Crippen LogP contribution is 2.18. The van der Waals surface area contributed by atoms with Crippen molar-refractivity contribution in [2.24, 2.45) is 0 Å². The van der Waals surface area contributed by atoms with E-state index >= 15 is 0 Å². The van der Waals surface area contributed by atoms with E-state index in [0.29, 0.717) is 19.3 Å². The fraction of sp³-hybridized carbons (Fsp3) is 0.849. The van der Waals surface area contributed by atoms with Gasteiger partial charge in [0.25, 0.3) is 0 Å². The van der Waals surface area contributed by atoms with Crippen LogP contribution in [0.25, 0.3) is 0 Å². The first-order valence-corrected chi connectivity index (χ1v) is 35.1. The Balaban J connectivity index is 4.03. The Kier molecular flexibility index (Phi) is 65.6. The average Bonchev–Trinajstić information content (AvgIpc) is 3.45. The number of hydrogen-bond acceptors (Lipinski definition) is 6. The summed E-state index contributed by atoms with van der Waals surface area (Å²) in [4.78, 5) is 38.2. The molecule has 6 heteroatoms. The minimum Gasteiger partial charge on any atom is -0.462 e. The first-order valence-electron chi connectivity index (χ1n) is 35.1. The van der Waals surface area contributed by atoms with Gasteiger partial charge in [-0.2, -0.15) is 0 Å². The van der Waals surface area contributed by atoms with Gasteiger partial charge in [-0.25, -0.2) is 0 Å². The maximum atomic E-state index is 12.9. The van der Waals surface area contributed by atoms with Crippen molar-refractivity contribution in [2.75, 3.05) is 13.2 Å². The number of carbonyl (C=O) groups excluding carboxylic acids is 3. The van der Waals surface area contributed by atoms with E-state index in [1.54, 1.807) is 0 Å². The Morgan fingerprint density at radius 3 is 0.734 bits per heavy atom. The summed E-state index contributed by atoms with van der Waals surface area (Å²) in [6.45, 7) is 6.63. The van der Waals surface area contributed by atoms with E-state index < -0.39 is 6.10 Å². The summed E-state index contributed by atoms with van der Waals surface area (Å²) >= 11 is 0. The fourth-order valence-corrected chi connectivity index (χ4v) is 10.5. The van der Waals surface area contributed by atoms with Crippen molar-refractivity contribution in [3.8, 4) is 0 Å². The van der Waals surface area contributed by atoms with Crippen LogP contribution in [-0.4, -0.2) is 37.2 Å². The zero-order valence-corrected chi connectivity index (χ0v) is 53.2. The maximum Gasteiger partial charge on any atom is 0.306 e. The van der Waals surface area contributed by atoms with Crippen LogP contribution in [0.2, 0.25) is 0 Å². The second kappa shape index (κ2) is 67.9. The molecule has 0 radical (unpaired) electrons. The van der Waals surface area contributed by atoms with Gasteiger partial charge in [0.1, 0.15) is 13.2 Å². The minimum absolute atomic E-state index is 0.0747. The third-order valence-electron chi connectivity index (χ3n) is 15.8. The van der Waals surface area contributed by atoms with Gasteiger partial charge in [-0.3, -0.25) is 14.4 Å². The molecule has 0 aliphatic heterocycles. The van der Waals surface area contributed by atoms with Gasteiger partial charge < -0.3 is 14.2 Å². The van der Waals surface area contributed by atoms with E-state index in [-0.39, 0.29) is 31.1 Å². The van der Waals surface area contributed by atoms with Gasteiger partial charge >= 0.3 is 17.9 Å². The number of hydrogen-bond donors (Lipinski definition) is 0. The number of esters is 3. The standard InChI is InChI=1S/C73H134O6/c1-4-7-10-13-16-19-22-25-27-28-29-30-31-32-33-34-35-36-37-38-39-40-41-42-43-44-45-46-47-49-51-54-57-60-63-66-72(75)78-69-70(68-77-71(74)65-62-59-56-53-50-24-21-18-15-12-9-6-3)79-73(76)67-64-61-58-55-52-48-26-23-20-17-14-11-8-5-2/h18,21-23,25-26,28-29,70H,4-17,19-20,24,27,30-69H2,1-3H3/b21-18-,25-22-,26-23-,29-28-. The molecular formula is C73H134O6. The van der Waals surface area contributed by atoms with Gasteiger partial charge in [0.15, 0.2) is 6.10 Å². The largest absolute Gasteiger partial charge is 0.462 e. The first-order chi connectivity index (χ1) is 39.0. The van der Waals surface area contributed by atoms with Crippen molar-refractivity contribution in [2.45, 2.75) is 386 Å². The normalized spacial score (nSPS) is 12.3. The van der Waals surface area contributed by atoms with Gasteiger partial charge in [0.2, 0.25) is 0 Å². The molecule has 0 N–H and O–H groups in total. The molecule has 0 heterocycles. The molecule has 0 aliphatic rings. The maximum absolute atomic E-state index is 12.9. The highest BCUT2D eigenvalue weighted by molar-refractivity contribution is 5.71. The van der Waals surface area contributed by atoms with E-state index in [0.717, 1.165) is 77.0 Å². The van der Waals surface area contributed by atoms with Crippen LogP contribution in [-0.2, 0) is 28.6 Å². The molecule has 0 fully saturated rings. The Morgan fingerprint density at radius 1 is 0.253 bits per heavy atom. The van der Waals surface area contributed by atoms with Gasteiger partial charge in [-0.15, -0.1) is 0 Å². The SMILES string of the molecule is CCCCC/C=C\CCCCCCCC(=O)OCC(COC(=O)CCCCCCCCCCCCCCCCCCCCCCCCC/C=C\C/C=C\CCCCCCC)OC(=O)CCCCCCC/C=C\CCCCCCC. The summed E-state index contributed by atoms with van der Waals surface area (Å²) in [5, 5.41) is 0. The molecule has 0 saturated heterocycles. The monoisotopic (exact) mass is 1110 g/mol. The van der Waals surface area contributed by atoms with Crippen molar-refractivity contribution in [3.05, 3.63) is 48.6 Å². The molecule has 0 aromatic heterocycles. The topological polar surface area (TPSA) is 78.9 Å². The Morgan fingerprint density at radius 2 is 0.456 bits per heavy atom. The molecule has 1 unspecified atom stereocenters. The van der Waals surface area contributed by atoms with E-state index in [1.165, 1.54) is 263 Å². The fourth-order valence-electron chi connectivity index (χ4n) is 10.5. The first kappa shape index (κ1) is 76.4. The van der Waals surface area contributed by atoms with E-state index in [4.69, 9.17) is 14.2 Å². The van der Waals surface area contributed by atoms with Crippen LogP contribution in [0, 0.1) is 0 Å². The van der Waals surface area contributed by atoms with Gasteiger partial charge in [0.05, 0.1) is 0 Å². The van der Waals surface area contributed by atoms with Gasteiger partial charge in [0, 0.05) is 19.3 Å². The van der Waals surface area contributed by atoms with E-state index in [2.05, 4.69) is 69.4 Å². The molecule has 0 aromatic carbocycles. The second-order valence-corrected chi connectivity index (χ2v) is 23.8. The zero-order chi connectivity index (χ0) is 57.1. The molecule has 0 aliphatic carbocycles. The zero-order valence-electron chi connectivity index (χ0n) is 53.2. The van der Waals surface area contributed by atoms with Crippen molar-refractivity contribution >= 4 is 17.9 Å². The average molecular weight is 1110 g/mol. The quantitative estimate of drug-likeness (QED) is 0.0261. The van der Waals surface area contributed by atoms with Crippen LogP contribution in [0.15, 0.2) is 48.6 Å². The van der Waals surface area contributed by atoms with Crippen LogP contribution in [0.1, 0.15) is 380 Å². The molecule has 1 atom stereocenters. The lowest BCUT2D eigenvalue weighted by molar-refractivity contribution is -0.167. The lowest BCUT2D eigenvalue weighted by Gasteiger charge is -2.18. The Hall–Kier alpha value is -2.63. The molecule has 79 heavy (non-hydrogen) atoms. The lowest BCUT2D eigenvalue weighted by Crippen LogP contribution is -2.30. The molecule has 6 nitrogen and oxygen atoms in total. The lowest BCUT2D eigenvalue weighted by atomic mass is 10.0. The third-order valence-corrected chi connectivity index (χ3v) is 15.8. The molecule has 0 aromatic rings. The summed E-state index contributed by atoms with van der Waals surface area (Å²) < 4.78 is 16.9. The minimum atomic E-state index is -0.778. The Labute approximate surface area is 492 Å². The Bertz CT molecular complexity index is 1360. The molecule has 0 saturated carbocycles. The molecular weight excluding hydrogens is 973 g/mol. The number of ether oxygens (including phenoxy) is 3. The van der Waals surface area contributed by atoms with Crippen LogP contribution in [0.5, 0.6) is 0 Å². The smallest absolute Gasteiger partial charge is 0.306 e. The highest BCUT2D eigenvalue weighted by Gasteiger charge is 2.19. The van der Waals surface area contributed by atoms with Crippen LogP contribution in [0.4, 0.5) is 0 Å². The summed E-state index contributed by atoms with van der Waals surface area (Å²) in [5.41, 5.74) is 0. The molecule has 0 bridgehead atoms.